The molecule has 18 heavy (non-hydrogen) atoms. The summed E-state index contributed by atoms with van der Waals surface area (Å²) in [6.45, 7) is 11.8. The minimum absolute atomic E-state index is 0.0925. The molecule has 0 aromatic heterocycles. The highest BCUT2D eigenvalue weighted by Gasteiger charge is 2.35. The van der Waals surface area contributed by atoms with E-state index < -0.39 is 0 Å². The van der Waals surface area contributed by atoms with Gasteiger partial charge in [-0.15, -0.1) is 6.58 Å². The summed E-state index contributed by atoms with van der Waals surface area (Å²) < 4.78 is 0. The Balaban J connectivity index is 2.65. The molecular weight excluding hydrogens is 216 g/mol. The van der Waals surface area contributed by atoms with Crippen molar-refractivity contribution in [2.75, 3.05) is 0 Å². The maximum Gasteiger partial charge on any atom is 0.0381 e. The zero-order valence-corrected chi connectivity index (χ0v) is 10.9. The third kappa shape index (κ3) is 1.88. The van der Waals surface area contributed by atoms with E-state index in [1.165, 1.54) is 23.1 Å². The largest absolute Gasteiger partial charge is 0.102 e. The van der Waals surface area contributed by atoms with Gasteiger partial charge in [0.25, 0.3) is 0 Å². The topological polar surface area (TPSA) is 0 Å². The first-order valence-electron chi connectivity index (χ1n) is 6.46. The molecule has 1 aromatic carbocycles. The predicted molar refractivity (Wildman–Crippen MR) is 79.7 cm³/mol. The molecule has 0 fully saturated rings. The van der Waals surface area contributed by atoms with Gasteiger partial charge in [-0.2, -0.15) is 0 Å². The number of allylic oxidation sites excluding steroid dienone is 5. The van der Waals surface area contributed by atoms with E-state index in [9.17, 15) is 0 Å². The summed E-state index contributed by atoms with van der Waals surface area (Å²) in [4.78, 5) is 0. The van der Waals surface area contributed by atoms with Gasteiger partial charge < -0.3 is 0 Å². The molecule has 1 aliphatic carbocycles. The maximum absolute atomic E-state index is 4.08. The summed E-state index contributed by atoms with van der Waals surface area (Å²) in [5.74, 6) is 0. The number of rotatable bonds is 4. The number of benzene rings is 1. The lowest BCUT2D eigenvalue weighted by Gasteiger charge is -2.38. The van der Waals surface area contributed by atoms with Crippen molar-refractivity contribution in [2.45, 2.75) is 24.7 Å². The lowest BCUT2D eigenvalue weighted by Crippen LogP contribution is -2.30. The lowest BCUT2D eigenvalue weighted by atomic mass is 9.65. The molecular formula is C18H20. The zero-order chi connectivity index (χ0) is 13.0. The molecule has 2 rings (SSSR count). The van der Waals surface area contributed by atoms with Gasteiger partial charge in [0.1, 0.15) is 0 Å². The van der Waals surface area contributed by atoms with Crippen LogP contribution in [0.5, 0.6) is 0 Å². The van der Waals surface area contributed by atoms with Gasteiger partial charge in [-0.1, -0.05) is 61.7 Å². The second kappa shape index (κ2) is 5.22. The van der Waals surface area contributed by atoms with Crippen LogP contribution in [-0.2, 0) is 11.8 Å². The molecule has 0 nitrogen and oxygen atoms in total. The van der Waals surface area contributed by atoms with Crippen LogP contribution in [0, 0.1) is 0 Å². The third-order valence-corrected chi connectivity index (χ3v) is 3.90. The standard InChI is InChI=1S/C18H20/c1-4-10-16(5-2)18(6-3)14-9-12-15-11-7-8-13-17(15)18/h4-8,10-11,13H,1-3,9,12,14H2/b16-10+/t18-/m1/s1. The Labute approximate surface area is 110 Å². The van der Waals surface area contributed by atoms with Gasteiger partial charge in [0.05, 0.1) is 0 Å². The minimum atomic E-state index is -0.0925. The average molecular weight is 236 g/mol. The first-order chi connectivity index (χ1) is 8.78. The Hall–Kier alpha value is -1.82. The minimum Gasteiger partial charge on any atom is -0.102 e. The third-order valence-electron chi connectivity index (χ3n) is 3.90. The van der Waals surface area contributed by atoms with Crippen LogP contribution in [0.15, 0.2) is 73.9 Å². The van der Waals surface area contributed by atoms with Crippen LogP contribution in [0.3, 0.4) is 0 Å². The molecule has 0 saturated carbocycles. The van der Waals surface area contributed by atoms with E-state index in [1.807, 2.05) is 12.2 Å². The quantitative estimate of drug-likeness (QED) is 0.523. The molecule has 1 atom stereocenters. The van der Waals surface area contributed by atoms with Crippen LogP contribution < -0.4 is 0 Å². The van der Waals surface area contributed by atoms with E-state index in [-0.39, 0.29) is 5.41 Å². The molecule has 0 heteroatoms. The normalized spacial score (nSPS) is 23.0. The molecule has 0 bridgehead atoms. The van der Waals surface area contributed by atoms with Crippen LogP contribution in [0.2, 0.25) is 0 Å². The molecule has 1 aromatic rings. The van der Waals surface area contributed by atoms with Gasteiger partial charge in [-0.3, -0.25) is 0 Å². The van der Waals surface area contributed by atoms with Crippen molar-refractivity contribution in [3.05, 3.63) is 85.0 Å². The Morgan fingerprint density at radius 2 is 1.94 bits per heavy atom. The average Bonchev–Trinajstić information content (AvgIpc) is 2.44. The summed E-state index contributed by atoms with van der Waals surface area (Å²) in [7, 11) is 0. The van der Waals surface area contributed by atoms with Gasteiger partial charge in [-0.05, 0) is 36.0 Å². The van der Waals surface area contributed by atoms with E-state index in [2.05, 4.69) is 56.2 Å². The van der Waals surface area contributed by atoms with Crippen LogP contribution in [0.4, 0.5) is 0 Å². The molecule has 0 spiro atoms. The smallest absolute Gasteiger partial charge is 0.0381 e. The van der Waals surface area contributed by atoms with Crippen LogP contribution in [-0.4, -0.2) is 0 Å². The van der Waals surface area contributed by atoms with Crippen LogP contribution in [0.1, 0.15) is 24.0 Å². The summed E-state index contributed by atoms with van der Waals surface area (Å²) >= 11 is 0. The van der Waals surface area contributed by atoms with E-state index in [1.54, 1.807) is 0 Å². The molecule has 0 aliphatic heterocycles. The fraction of sp³-hybridized carbons (Fsp3) is 0.222. The van der Waals surface area contributed by atoms with Crippen molar-refractivity contribution < 1.29 is 0 Å². The molecule has 0 N–H and O–H groups in total. The molecule has 1 aliphatic rings. The van der Waals surface area contributed by atoms with E-state index in [0.717, 1.165) is 12.8 Å². The first-order valence-corrected chi connectivity index (χ1v) is 6.46. The van der Waals surface area contributed by atoms with E-state index in [4.69, 9.17) is 0 Å². The van der Waals surface area contributed by atoms with Gasteiger partial charge in [0, 0.05) is 5.41 Å². The van der Waals surface area contributed by atoms with Crippen LogP contribution in [0.25, 0.3) is 0 Å². The second-order valence-electron chi connectivity index (χ2n) is 4.75. The van der Waals surface area contributed by atoms with Crippen molar-refractivity contribution >= 4 is 0 Å². The monoisotopic (exact) mass is 236 g/mol. The van der Waals surface area contributed by atoms with Gasteiger partial charge >= 0.3 is 0 Å². The van der Waals surface area contributed by atoms with Gasteiger partial charge in [0.15, 0.2) is 0 Å². The number of aryl methyl sites for hydroxylation is 1. The fourth-order valence-electron chi connectivity index (χ4n) is 3.02. The van der Waals surface area contributed by atoms with Crippen molar-refractivity contribution in [3.8, 4) is 0 Å². The van der Waals surface area contributed by atoms with E-state index in [0.29, 0.717) is 0 Å². The summed E-state index contributed by atoms with van der Waals surface area (Å²) in [5.41, 5.74) is 3.91. The lowest BCUT2D eigenvalue weighted by molar-refractivity contribution is 0.513. The molecule has 0 heterocycles. The summed E-state index contributed by atoms with van der Waals surface area (Å²) in [6.07, 6.45) is 11.3. The van der Waals surface area contributed by atoms with Crippen molar-refractivity contribution in [2.24, 2.45) is 0 Å². The Kier molecular flexibility index (Phi) is 3.66. The fourth-order valence-corrected chi connectivity index (χ4v) is 3.02. The maximum atomic E-state index is 4.08. The highest BCUT2D eigenvalue weighted by molar-refractivity contribution is 5.51. The van der Waals surface area contributed by atoms with Crippen molar-refractivity contribution in [1.82, 2.24) is 0 Å². The molecule has 0 radical (unpaired) electrons. The Bertz CT molecular complexity index is 505. The highest BCUT2D eigenvalue weighted by Crippen LogP contribution is 2.44. The van der Waals surface area contributed by atoms with Gasteiger partial charge in [0.2, 0.25) is 0 Å². The SMILES string of the molecule is C=C/C=C(\C=C)[C@@]1(C=C)CCCc2ccccc21. The highest BCUT2D eigenvalue weighted by atomic mass is 14.4. The summed E-state index contributed by atoms with van der Waals surface area (Å²) in [6, 6.07) is 8.66. The van der Waals surface area contributed by atoms with Gasteiger partial charge in [-0.25, -0.2) is 0 Å². The van der Waals surface area contributed by atoms with E-state index >= 15 is 0 Å². The number of fused-ring (bicyclic) bond motifs is 1. The second-order valence-corrected chi connectivity index (χ2v) is 4.75. The summed E-state index contributed by atoms with van der Waals surface area (Å²) in [5, 5.41) is 0. The van der Waals surface area contributed by atoms with Crippen molar-refractivity contribution in [1.29, 1.82) is 0 Å². The number of hydrogen-bond donors (Lipinski definition) is 0. The molecule has 0 amide bonds. The first kappa shape index (κ1) is 12.6. The molecule has 92 valence electrons. The molecule has 0 unspecified atom stereocenters. The number of hydrogen-bond acceptors (Lipinski definition) is 0. The van der Waals surface area contributed by atoms with Crippen LogP contribution >= 0.6 is 0 Å². The Morgan fingerprint density at radius 3 is 2.61 bits per heavy atom. The zero-order valence-electron chi connectivity index (χ0n) is 10.9. The predicted octanol–water partition coefficient (Wildman–Crippen LogP) is 4.75. The molecule has 0 saturated heterocycles. The van der Waals surface area contributed by atoms with Crippen molar-refractivity contribution in [3.63, 3.8) is 0 Å². The Morgan fingerprint density at radius 1 is 1.17 bits per heavy atom.